The zero-order valence-electron chi connectivity index (χ0n) is 15.1. The predicted octanol–water partition coefficient (Wildman–Crippen LogP) is 5.04. The minimum atomic E-state index is -0.0685. The highest BCUT2D eigenvalue weighted by Crippen LogP contribution is 2.34. The minimum Gasteiger partial charge on any atom is -0.490 e. The molecule has 0 aliphatic rings. The van der Waals surface area contributed by atoms with Crippen LogP contribution in [0.3, 0.4) is 0 Å². The summed E-state index contributed by atoms with van der Waals surface area (Å²) in [4.78, 5) is 12.5. The molecule has 2 aromatic carbocycles. The van der Waals surface area contributed by atoms with E-state index >= 15 is 0 Å². The smallest absolute Gasteiger partial charge is 0.228 e. The van der Waals surface area contributed by atoms with Gasteiger partial charge >= 0.3 is 0 Å². The third-order valence-corrected chi connectivity index (χ3v) is 4.47. The lowest BCUT2D eigenvalue weighted by atomic mass is 10.1. The molecule has 0 saturated carbocycles. The largest absolute Gasteiger partial charge is 0.490 e. The number of halogens is 1. The molecule has 5 heteroatoms. The van der Waals surface area contributed by atoms with Gasteiger partial charge in [0.25, 0.3) is 0 Å². The molecule has 134 valence electrons. The number of benzene rings is 2. The van der Waals surface area contributed by atoms with Crippen molar-refractivity contribution in [3.8, 4) is 11.5 Å². The van der Waals surface area contributed by atoms with Crippen molar-refractivity contribution in [2.24, 2.45) is 0 Å². The SMILES string of the molecule is CCOc1cc(Br)c(CC(=O)Nc2cc(C)ccc2C)cc1OCC. The Hall–Kier alpha value is -2.01. The summed E-state index contributed by atoms with van der Waals surface area (Å²) in [5, 5.41) is 2.99. The Morgan fingerprint density at radius 2 is 1.68 bits per heavy atom. The third kappa shape index (κ3) is 5.23. The zero-order valence-corrected chi connectivity index (χ0v) is 16.7. The first kappa shape index (κ1) is 19.3. The van der Waals surface area contributed by atoms with Gasteiger partial charge in [-0.25, -0.2) is 0 Å². The van der Waals surface area contributed by atoms with E-state index in [4.69, 9.17) is 9.47 Å². The second-order valence-corrected chi connectivity index (χ2v) is 6.65. The number of carbonyl (C=O) groups excluding carboxylic acids is 1. The molecule has 4 nitrogen and oxygen atoms in total. The van der Waals surface area contributed by atoms with Gasteiger partial charge in [-0.15, -0.1) is 0 Å². The molecule has 0 saturated heterocycles. The fourth-order valence-corrected chi connectivity index (χ4v) is 2.95. The summed E-state index contributed by atoms with van der Waals surface area (Å²) < 4.78 is 12.1. The molecule has 0 spiro atoms. The number of nitrogens with one attached hydrogen (secondary N) is 1. The van der Waals surface area contributed by atoms with Crippen molar-refractivity contribution >= 4 is 27.5 Å². The minimum absolute atomic E-state index is 0.0685. The molecule has 0 bridgehead atoms. The summed E-state index contributed by atoms with van der Waals surface area (Å²) in [6, 6.07) is 9.73. The second kappa shape index (κ2) is 8.90. The Morgan fingerprint density at radius 3 is 2.32 bits per heavy atom. The lowest BCUT2D eigenvalue weighted by Crippen LogP contribution is -2.15. The van der Waals surface area contributed by atoms with E-state index in [0.29, 0.717) is 24.7 Å². The van der Waals surface area contributed by atoms with Crippen molar-refractivity contribution in [2.75, 3.05) is 18.5 Å². The number of ether oxygens (including phenoxy) is 2. The molecule has 2 aromatic rings. The van der Waals surface area contributed by atoms with E-state index in [1.54, 1.807) is 0 Å². The van der Waals surface area contributed by atoms with Crippen molar-refractivity contribution in [2.45, 2.75) is 34.1 Å². The van der Waals surface area contributed by atoms with Gasteiger partial charge in [-0.3, -0.25) is 4.79 Å². The maximum atomic E-state index is 12.5. The molecular weight excluding hydrogens is 382 g/mol. The first-order valence-electron chi connectivity index (χ1n) is 8.39. The molecule has 0 fully saturated rings. The van der Waals surface area contributed by atoms with Crippen molar-refractivity contribution < 1.29 is 14.3 Å². The first-order valence-corrected chi connectivity index (χ1v) is 9.19. The Balaban J connectivity index is 2.19. The average Bonchev–Trinajstić information content (AvgIpc) is 2.55. The molecule has 0 atom stereocenters. The van der Waals surface area contributed by atoms with Gasteiger partial charge < -0.3 is 14.8 Å². The van der Waals surface area contributed by atoms with Crippen LogP contribution in [-0.4, -0.2) is 19.1 Å². The number of aryl methyl sites for hydroxylation is 2. The van der Waals surface area contributed by atoms with Crippen LogP contribution >= 0.6 is 15.9 Å². The van der Waals surface area contributed by atoms with Gasteiger partial charge in [-0.05, 0) is 62.6 Å². The molecule has 2 rings (SSSR count). The van der Waals surface area contributed by atoms with E-state index in [2.05, 4.69) is 21.2 Å². The van der Waals surface area contributed by atoms with E-state index in [1.807, 2.05) is 58.0 Å². The van der Waals surface area contributed by atoms with Gasteiger partial charge in [0.05, 0.1) is 19.6 Å². The number of rotatable bonds is 7. The summed E-state index contributed by atoms with van der Waals surface area (Å²) in [5.74, 6) is 1.26. The Kier molecular flexibility index (Phi) is 6.88. The van der Waals surface area contributed by atoms with Crippen LogP contribution in [0.5, 0.6) is 11.5 Å². The van der Waals surface area contributed by atoms with Gasteiger partial charge in [-0.2, -0.15) is 0 Å². The normalized spacial score (nSPS) is 10.4. The van der Waals surface area contributed by atoms with Gasteiger partial charge in [0.15, 0.2) is 11.5 Å². The van der Waals surface area contributed by atoms with Crippen molar-refractivity contribution in [3.63, 3.8) is 0 Å². The summed E-state index contributed by atoms with van der Waals surface area (Å²) in [5.41, 5.74) is 3.85. The summed E-state index contributed by atoms with van der Waals surface area (Å²) in [6.07, 6.45) is 0.250. The lowest BCUT2D eigenvalue weighted by Gasteiger charge is -2.15. The highest BCUT2D eigenvalue weighted by atomic mass is 79.9. The van der Waals surface area contributed by atoms with E-state index in [1.165, 1.54) is 0 Å². The number of hydrogen-bond donors (Lipinski definition) is 1. The average molecular weight is 406 g/mol. The monoisotopic (exact) mass is 405 g/mol. The predicted molar refractivity (Wildman–Crippen MR) is 105 cm³/mol. The van der Waals surface area contributed by atoms with E-state index in [9.17, 15) is 4.79 Å². The van der Waals surface area contributed by atoms with Crippen LogP contribution in [-0.2, 0) is 11.2 Å². The van der Waals surface area contributed by atoms with Gasteiger partial charge in [0.1, 0.15) is 0 Å². The molecule has 25 heavy (non-hydrogen) atoms. The van der Waals surface area contributed by atoms with Crippen molar-refractivity contribution in [1.82, 2.24) is 0 Å². The molecule has 0 heterocycles. The summed E-state index contributed by atoms with van der Waals surface area (Å²) in [7, 11) is 0. The maximum absolute atomic E-state index is 12.5. The van der Waals surface area contributed by atoms with Gasteiger partial charge in [0.2, 0.25) is 5.91 Å². The van der Waals surface area contributed by atoms with E-state index < -0.39 is 0 Å². The van der Waals surface area contributed by atoms with Crippen LogP contribution in [0.25, 0.3) is 0 Å². The number of amides is 1. The molecule has 0 aliphatic carbocycles. The highest BCUT2D eigenvalue weighted by molar-refractivity contribution is 9.10. The number of hydrogen-bond acceptors (Lipinski definition) is 3. The topological polar surface area (TPSA) is 47.6 Å². The Labute approximate surface area is 157 Å². The molecule has 0 aromatic heterocycles. The van der Waals surface area contributed by atoms with Gasteiger partial charge in [-0.1, -0.05) is 28.1 Å². The van der Waals surface area contributed by atoms with Crippen LogP contribution in [0, 0.1) is 13.8 Å². The lowest BCUT2D eigenvalue weighted by molar-refractivity contribution is -0.115. The van der Waals surface area contributed by atoms with E-state index in [-0.39, 0.29) is 12.3 Å². The fourth-order valence-electron chi connectivity index (χ4n) is 2.49. The molecule has 1 amide bonds. The number of carbonyl (C=O) groups is 1. The fraction of sp³-hybridized carbons (Fsp3) is 0.350. The number of anilines is 1. The Morgan fingerprint density at radius 1 is 1.04 bits per heavy atom. The third-order valence-electron chi connectivity index (χ3n) is 3.73. The van der Waals surface area contributed by atoms with Crippen LogP contribution in [0.1, 0.15) is 30.5 Å². The molecule has 0 unspecified atom stereocenters. The summed E-state index contributed by atoms with van der Waals surface area (Å²) >= 11 is 3.53. The van der Waals surface area contributed by atoms with Gasteiger partial charge in [0, 0.05) is 10.2 Å². The van der Waals surface area contributed by atoms with E-state index in [0.717, 1.165) is 26.9 Å². The highest BCUT2D eigenvalue weighted by Gasteiger charge is 2.14. The van der Waals surface area contributed by atoms with Crippen LogP contribution in [0.2, 0.25) is 0 Å². The van der Waals surface area contributed by atoms with Crippen molar-refractivity contribution in [3.05, 3.63) is 51.5 Å². The maximum Gasteiger partial charge on any atom is 0.228 e. The summed E-state index contributed by atoms with van der Waals surface area (Å²) in [6.45, 7) is 8.93. The zero-order chi connectivity index (χ0) is 18.4. The van der Waals surface area contributed by atoms with Crippen LogP contribution in [0.15, 0.2) is 34.8 Å². The van der Waals surface area contributed by atoms with Crippen molar-refractivity contribution in [1.29, 1.82) is 0 Å². The molecule has 0 radical (unpaired) electrons. The molecular formula is C20H24BrNO3. The molecule has 1 N–H and O–H groups in total. The van der Waals surface area contributed by atoms with Crippen LogP contribution < -0.4 is 14.8 Å². The standard InChI is InChI=1S/C20H24BrNO3/c1-5-24-18-10-15(16(21)12-19(18)25-6-2)11-20(23)22-17-9-13(3)7-8-14(17)4/h7-10,12H,5-6,11H2,1-4H3,(H,22,23). The first-order chi connectivity index (χ1) is 11.9. The van der Waals surface area contributed by atoms with Crippen LogP contribution in [0.4, 0.5) is 5.69 Å². The molecule has 0 aliphatic heterocycles. The second-order valence-electron chi connectivity index (χ2n) is 5.80. The Bertz CT molecular complexity index is 759. The quantitative estimate of drug-likeness (QED) is 0.701.